The molecule has 0 aliphatic rings. The molecule has 2 heteroatoms. The minimum absolute atomic E-state index is 0.0269. The highest BCUT2D eigenvalue weighted by atomic mass is 16.1. The zero-order valence-corrected chi connectivity index (χ0v) is 8.66. The van der Waals surface area contributed by atoms with E-state index >= 15 is 0 Å². The van der Waals surface area contributed by atoms with Crippen molar-refractivity contribution in [2.75, 3.05) is 0 Å². The number of rotatable bonds is 2. The molecule has 1 N–H and O–H groups in total. The molecule has 76 valence electrons. The maximum absolute atomic E-state index is 11.2. The van der Waals surface area contributed by atoms with Gasteiger partial charge in [0, 0.05) is 18.2 Å². The molecule has 1 aromatic heterocycles. The summed E-state index contributed by atoms with van der Waals surface area (Å²) < 4.78 is 0. The Morgan fingerprint density at radius 2 is 1.87 bits per heavy atom. The van der Waals surface area contributed by atoms with Gasteiger partial charge in [0.05, 0.1) is 0 Å². The number of benzene rings is 1. The first-order chi connectivity index (χ1) is 7.24. The standard InChI is InChI=1S/C13H13NO/c1-10-7-12(14-13(15)8-10)9-11-5-3-2-4-6-11/h2-8H,9H2,1H3,(H,14,15). The third-order valence-corrected chi connectivity index (χ3v) is 2.28. The van der Waals surface area contributed by atoms with Crippen molar-refractivity contribution in [1.29, 1.82) is 0 Å². The second-order valence-electron chi connectivity index (χ2n) is 3.71. The van der Waals surface area contributed by atoms with Crippen LogP contribution in [-0.2, 0) is 6.42 Å². The van der Waals surface area contributed by atoms with E-state index in [0.29, 0.717) is 0 Å². The molecule has 2 aromatic rings. The summed E-state index contributed by atoms with van der Waals surface area (Å²) in [4.78, 5) is 14.1. The van der Waals surface area contributed by atoms with E-state index in [0.717, 1.165) is 17.7 Å². The van der Waals surface area contributed by atoms with Crippen molar-refractivity contribution in [3.63, 3.8) is 0 Å². The summed E-state index contributed by atoms with van der Waals surface area (Å²) >= 11 is 0. The number of aromatic amines is 1. The van der Waals surface area contributed by atoms with Gasteiger partial charge in [-0.1, -0.05) is 30.3 Å². The van der Waals surface area contributed by atoms with E-state index in [4.69, 9.17) is 0 Å². The lowest BCUT2D eigenvalue weighted by Crippen LogP contribution is -2.08. The Morgan fingerprint density at radius 3 is 2.53 bits per heavy atom. The molecule has 0 amide bonds. The topological polar surface area (TPSA) is 32.9 Å². The second-order valence-corrected chi connectivity index (χ2v) is 3.71. The lowest BCUT2D eigenvalue weighted by Gasteiger charge is -2.02. The molecule has 0 aliphatic carbocycles. The van der Waals surface area contributed by atoms with Gasteiger partial charge >= 0.3 is 0 Å². The molecule has 2 nitrogen and oxygen atoms in total. The molecule has 0 aliphatic heterocycles. The van der Waals surface area contributed by atoms with Crippen LogP contribution in [0.15, 0.2) is 47.3 Å². The Hall–Kier alpha value is -1.83. The molecule has 0 bridgehead atoms. The zero-order valence-electron chi connectivity index (χ0n) is 8.66. The van der Waals surface area contributed by atoms with Crippen LogP contribution in [0.1, 0.15) is 16.8 Å². The minimum Gasteiger partial charge on any atom is -0.326 e. The fourth-order valence-electron chi connectivity index (χ4n) is 1.66. The molecule has 0 atom stereocenters. The Bertz CT molecular complexity index is 499. The first-order valence-electron chi connectivity index (χ1n) is 4.98. The van der Waals surface area contributed by atoms with E-state index < -0.39 is 0 Å². The van der Waals surface area contributed by atoms with Gasteiger partial charge < -0.3 is 4.98 Å². The van der Waals surface area contributed by atoms with E-state index in [9.17, 15) is 4.79 Å². The summed E-state index contributed by atoms with van der Waals surface area (Å²) in [5.74, 6) is 0. The quantitative estimate of drug-likeness (QED) is 0.790. The first kappa shape index (κ1) is 9.71. The molecule has 0 spiro atoms. The van der Waals surface area contributed by atoms with E-state index in [1.165, 1.54) is 5.56 Å². The van der Waals surface area contributed by atoms with Gasteiger partial charge in [0.1, 0.15) is 0 Å². The molecule has 15 heavy (non-hydrogen) atoms. The van der Waals surface area contributed by atoms with Gasteiger partial charge in [-0.05, 0) is 24.1 Å². The summed E-state index contributed by atoms with van der Waals surface area (Å²) in [7, 11) is 0. The van der Waals surface area contributed by atoms with Gasteiger partial charge in [-0.25, -0.2) is 0 Å². The normalized spacial score (nSPS) is 10.2. The SMILES string of the molecule is Cc1cc(Cc2ccccc2)[nH]c(=O)c1. The average molecular weight is 199 g/mol. The summed E-state index contributed by atoms with van der Waals surface area (Å²) in [5, 5.41) is 0. The highest BCUT2D eigenvalue weighted by Crippen LogP contribution is 2.06. The first-order valence-corrected chi connectivity index (χ1v) is 4.98. The van der Waals surface area contributed by atoms with Crippen LogP contribution in [0.25, 0.3) is 0 Å². The van der Waals surface area contributed by atoms with Gasteiger partial charge in [0.15, 0.2) is 0 Å². The summed E-state index contributed by atoms with van der Waals surface area (Å²) in [5.41, 5.74) is 3.15. The predicted octanol–water partition coefficient (Wildman–Crippen LogP) is 2.27. The number of hydrogen-bond acceptors (Lipinski definition) is 1. The largest absolute Gasteiger partial charge is 0.326 e. The van der Waals surface area contributed by atoms with Gasteiger partial charge in [-0.2, -0.15) is 0 Å². The highest BCUT2D eigenvalue weighted by molar-refractivity contribution is 5.23. The molecule has 1 aromatic carbocycles. The monoisotopic (exact) mass is 199 g/mol. The number of hydrogen-bond donors (Lipinski definition) is 1. The van der Waals surface area contributed by atoms with E-state index in [1.54, 1.807) is 6.07 Å². The van der Waals surface area contributed by atoms with Gasteiger partial charge in [0.2, 0.25) is 5.56 Å². The maximum atomic E-state index is 11.2. The van der Waals surface area contributed by atoms with Crippen LogP contribution in [0.3, 0.4) is 0 Å². The smallest absolute Gasteiger partial charge is 0.248 e. The average Bonchev–Trinajstić information content (AvgIpc) is 2.17. The van der Waals surface area contributed by atoms with Crippen molar-refractivity contribution in [1.82, 2.24) is 4.98 Å². The number of aryl methyl sites for hydroxylation is 1. The van der Waals surface area contributed by atoms with Gasteiger partial charge in [-0.15, -0.1) is 0 Å². The summed E-state index contributed by atoms with van der Waals surface area (Å²) in [6, 6.07) is 13.7. The van der Waals surface area contributed by atoms with E-state index in [-0.39, 0.29) is 5.56 Å². The van der Waals surface area contributed by atoms with Crippen LogP contribution >= 0.6 is 0 Å². The molecule has 0 unspecified atom stereocenters. The fraction of sp³-hybridized carbons (Fsp3) is 0.154. The molecule has 0 radical (unpaired) electrons. The minimum atomic E-state index is -0.0269. The third kappa shape index (κ3) is 2.56. The molecular formula is C13H13NO. The van der Waals surface area contributed by atoms with Crippen LogP contribution in [0, 0.1) is 6.92 Å². The molecular weight excluding hydrogens is 186 g/mol. The van der Waals surface area contributed by atoms with Crippen molar-refractivity contribution >= 4 is 0 Å². The molecule has 0 fully saturated rings. The second kappa shape index (κ2) is 4.13. The van der Waals surface area contributed by atoms with Crippen molar-refractivity contribution in [2.24, 2.45) is 0 Å². The Balaban J connectivity index is 2.29. The van der Waals surface area contributed by atoms with Crippen molar-refractivity contribution in [2.45, 2.75) is 13.3 Å². The predicted molar refractivity (Wildman–Crippen MR) is 61.0 cm³/mol. The fourth-order valence-corrected chi connectivity index (χ4v) is 1.66. The molecule has 0 saturated heterocycles. The maximum Gasteiger partial charge on any atom is 0.248 e. The van der Waals surface area contributed by atoms with Crippen LogP contribution in [0.5, 0.6) is 0 Å². The number of pyridine rings is 1. The van der Waals surface area contributed by atoms with Crippen LogP contribution < -0.4 is 5.56 Å². The molecule has 0 saturated carbocycles. The van der Waals surface area contributed by atoms with E-state index in [1.807, 2.05) is 31.2 Å². The third-order valence-electron chi connectivity index (χ3n) is 2.28. The Kier molecular flexibility index (Phi) is 2.68. The zero-order chi connectivity index (χ0) is 10.7. The van der Waals surface area contributed by atoms with E-state index in [2.05, 4.69) is 17.1 Å². The van der Waals surface area contributed by atoms with Crippen LogP contribution in [0.2, 0.25) is 0 Å². The Labute approximate surface area is 88.6 Å². The number of aromatic nitrogens is 1. The highest BCUT2D eigenvalue weighted by Gasteiger charge is 1.97. The summed E-state index contributed by atoms with van der Waals surface area (Å²) in [6.07, 6.45) is 0.776. The van der Waals surface area contributed by atoms with Crippen LogP contribution in [-0.4, -0.2) is 4.98 Å². The molecule has 1 heterocycles. The molecule has 2 rings (SSSR count). The van der Waals surface area contributed by atoms with Crippen molar-refractivity contribution < 1.29 is 0 Å². The van der Waals surface area contributed by atoms with Gasteiger partial charge in [-0.3, -0.25) is 4.79 Å². The lowest BCUT2D eigenvalue weighted by molar-refractivity contribution is 1.03. The van der Waals surface area contributed by atoms with Gasteiger partial charge in [0.25, 0.3) is 0 Å². The Morgan fingerprint density at radius 1 is 1.13 bits per heavy atom. The number of H-pyrrole nitrogens is 1. The lowest BCUT2D eigenvalue weighted by atomic mass is 10.1. The number of nitrogens with one attached hydrogen (secondary N) is 1. The van der Waals surface area contributed by atoms with Crippen LogP contribution in [0.4, 0.5) is 0 Å². The summed E-state index contributed by atoms with van der Waals surface area (Å²) in [6.45, 7) is 1.93. The van der Waals surface area contributed by atoms with Crippen molar-refractivity contribution in [3.05, 3.63) is 69.6 Å². The van der Waals surface area contributed by atoms with Crippen molar-refractivity contribution in [3.8, 4) is 0 Å².